The lowest BCUT2D eigenvalue weighted by Gasteiger charge is -2.04. The van der Waals surface area contributed by atoms with Crippen LogP contribution in [0.4, 0.5) is 4.79 Å². The standard InChI is InChI=1S/C7H15N3O/c1-2-3-9-7(11)10-6-4-5(6)8/h5-6H,2-4,8H2,1H3,(H2,9,10,11)/t5-,6+/m0/s1. The van der Waals surface area contributed by atoms with Crippen LogP contribution in [0.2, 0.25) is 0 Å². The minimum absolute atomic E-state index is 0.0928. The summed E-state index contributed by atoms with van der Waals surface area (Å²) in [4.78, 5) is 10.9. The number of carbonyl (C=O) groups excluding carboxylic acids is 1. The van der Waals surface area contributed by atoms with Gasteiger partial charge >= 0.3 is 6.03 Å². The summed E-state index contributed by atoms with van der Waals surface area (Å²) in [5.41, 5.74) is 5.50. The fourth-order valence-electron chi connectivity index (χ4n) is 0.839. The van der Waals surface area contributed by atoms with Gasteiger partial charge in [-0.25, -0.2) is 4.79 Å². The highest BCUT2D eigenvalue weighted by atomic mass is 16.2. The minimum Gasteiger partial charge on any atom is -0.338 e. The second kappa shape index (κ2) is 3.57. The molecule has 11 heavy (non-hydrogen) atoms. The number of hydrogen-bond acceptors (Lipinski definition) is 2. The first-order valence-electron chi connectivity index (χ1n) is 4.04. The third kappa shape index (κ3) is 2.76. The zero-order chi connectivity index (χ0) is 8.27. The fraction of sp³-hybridized carbons (Fsp3) is 0.857. The van der Waals surface area contributed by atoms with Crippen LogP contribution in [-0.2, 0) is 0 Å². The van der Waals surface area contributed by atoms with E-state index in [1.807, 2.05) is 6.92 Å². The Kier molecular flexibility index (Phi) is 2.70. The average Bonchev–Trinajstić information content (AvgIpc) is 2.62. The highest BCUT2D eigenvalue weighted by molar-refractivity contribution is 5.74. The monoisotopic (exact) mass is 157 g/mol. The lowest BCUT2D eigenvalue weighted by atomic mass is 10.5. The molecule has 0 heterocycles. The highest BCUT2D eigenvalue weighted by Crippen LogP contribution is 2.17. The zero-order valence-corrected chi connectivity index (χ0v) is 6.76. The van der Waals surface area contributed by atoms with Gasteiger partial charge in [-0.1, -0.05) is 6.92 Å². The van der Waals surface area contributed by atoms with Crippen molar-refractivity contribution in [3.63, 3.8) is 0 Å². The molecule has 2 amide bonds. The molecule has 0 saturated heterocycles. The van der Waals surface area contributed by atoms with Gasteiger partial charge in [0.1, 0.15) is 0 Å². The quantitative estimate of drug-likeness (QED) is 0.531. The molecule has 0 radical (unpaired) electrons. The predicted molar refractivity (Wildman–Crippen MR) is 43.2 cm³/mol. The van der Waals surface area contributed by atoms with Crippen molar-refractivity contribution in [1.29, 1.82) is 0 Å². The molecule has 0 bridgehead atoms. The van der Waals surface area contributed by atoms with Crippen LogP contribution < -0.4 is 16.4 Å². The molecule has 0 aromatic heterocycles. The van der Waals surface area contributed by atoms with Crippen LogP contribution in [0.1, 0.15) is 19.8 Å². The molecular formula is C7H15N3O. The second-order valence-corrected chi connectivity index (χ2v) is 2.91. The third-order valence-corrected chi connectivity index (χ3v) is 1.69. The highest BCUT2D eigenvalue weighted by Gasteiger charge is 2.34. The number of carbonyl (C=O) groups is 1. The molecular weight excluding hydrogens is 142 g/mol. The van der Waals surface area contributed by atoms with Gasteiger partial charge in [0.2, 0.25) is 0 Å². The van der Waals surface area contributed by atoms with Crippen molar-refractivity contribution in [2.24, 2.45) is 5.73 Å². The Balaban J connectivity index is 2.02. The summed E-state index contributed by atoms with van der Waals surface area (Å²) in [6.07, 6.45) is 1.88. The molecule has 0 aromatic carbocycles. The van der Waals surface area contributed by atoms with Crippen LogP contribution >= 0.6 is 0 Å². The molecule has 1 saturated carbocycles. The van der Waals surface area contributed by atoms with E-state index in [1.54, 1.807) is 0 Å². The molecule has 0 spiro atoms. The van der Waals surface area contributed by atoms with E-state index in [-0.39, 0.29) is 18.1 Å². The van der Waals surface area contributed by atoms with E-state index in [2.05, 4.69) is 10.6 Å². The number of amides is 2. The fourth-order valence-corrected chi connectivity index (χ4v) is 0.839. The SMILES string of the molecule is CCCNC(=O)N[C@@H]1C[C@@H]1N. The first-order chi connectivity index (χ1) is 5.24. The Morgan fingerprint density at radius 2 is 2.36 bits per heavy atom. The van der Waals surface area contributed by atoms with Crippen molar-refractivity contribution in [2.75, 3.05) is 6.54 Å². The van der Waals surface area contributed by atoms with Gasteiger partial charge in [-0.05, 0) is 12.8 Å². The molecule has 1 rings (SSSR count). The van der Waals surface area contributed by atoms with Crippen molar-refractivity contribution in [1.82, 2.24) is 10.6 Å². The third-order valence-electron chi connectivity index (χ3n) is 1.69. The summed E-state index contributed by atoms with van der Waals surface area (Å²) in [6, 6.07) is 0.305. The van der Waals surface area contributed by atoms with E-state index in [0.29, 0.717) is 0 Å². The normalized spacial score (nSPS) is 27.8. The van der Waals surface area contributed by atoms with Crippen molar-refractivity contribution < 1.29 is 4.79 Å². The number of hydrogen-bond donors (Lipinski definition) is 3. The average molecular weight is 157 g/mol. The van der Waals surface area contributed by atoms with E-state index in [0.717, 1.165) is 19.4 Å². The Bertz CT molecular complexity index is 149. The van der Waals surface area contributed by atoms with Crippen LogP contribution in [0.25, 0.3) is 0 Å². The van der Waals surface area contributed by atoms with E-state index < -0.39 is 0 Å². The summed E-state index contributed by atoms with van der Waals surface area (Å²) >= 11 is 0. The van der Waals surface area contributed by atoms with Gasteiger partial charge in [-0.3, -0.25) is 0 Å². The second-order valence-electron chi connectivity index (χ2n) is 2.91. The van der Waals surface area contributed by atoms with Gasteiger partial charge in [0.15, 0.2) is 0 Å². The lowest BCUT2D eigenvalue weighted by molar-refractivity contribution is 0.240. The number of rotatable bonds is 3. The van der Waals surface area contributed by atoms with Crippen LogP contribution in [0, 0.1) is 0 Å². The lowest BCUT2D eigenvalue weighted by Crippen LogP contribution is -2.39. The number of urea groups is 1. The summed E-state index contributed by atoms with van der Waals surface area (Å²) in [5, 5.41) is 5.48. The largest absolute Gasteiger partial charge is 0.338 e. The Hall–Kier alpha value is -0.770. The molecule has 2 atom stereocenters. The Morgan fingerprint density at radius 1 is 1.73 bits per heavy atom. The molecule has 4 heteroatoms. The van der Waals surface area contributed by atoms with E-state index in [4.69, 9.17) is 5.73 Å². The molecule has 4 nitrogen and oxygen atoms in total. The first-order valence-corrected chi connectivity index (χ1v) is 4.04. The van der Waals surface area contributed by atoms with E-state index in [1.165, 1.54) is 0 Å². The predicted octanol–water partition coefficient (Wildman–Crippen LogP) is -0.205. The van der Waals surface area contributed by atoms with Gasteiger partial charge < -0.3 is 16.4 Å². The van der Waals surface area contributed by atoms with Crippen LogP contribution in [0.5, 0.6) is 0 Å². The molecule has 1 aliphatic carbocycles. The molecule has 4 N–H and O–H groups in total. The molecule has 0 unspecified atom stereocenters. The van der Waals surface area contributed by atoms with Crippen molar-refractivity contribution >= 4 is 6.03 Å². The molecule has 1 aliphatic rings. The Labute approximate surface area is 66.5 Å². The van der Waals surface area contributed by atoms with Crippen molar-refractivity contribution in [3.8, 4) is 0 Å². The first kappa shape index (κ1) is 8.33. The molecule has 1 fully saturated rings. The number of nitrogens with two attached hydrogens (primary N) is 1. The summed E-state index contributed by atoms with van der Waals surface area (Å²) < 4.78 is 0. The van der Waals surface area contributed by atoms with Crippen molar-refractivity contribution in [3.05, 3.63) is 0 Å². The molecule has 0 aromatic rings. The Morgan fingerprint density at radius 3 is 2.82 bits per heavy atom. The summed E-state index contributed by atoms with van der Waals surface area (Å²) in [6.45, 7) is 2.75. The van der Waals surface area contributed by atoms with Gasteiger partial charge in [-0.15, -0.1) is 0 Å². The number of nitrogens with one attached hydrogen (secondary N) is 2. The zero-order valence-electron chi connectivity index (χ0n) is 6.76. The maximum atomic E-state index is 10.9. The van der Waals surface area contributed by atoms with Crippen molar-refractivity contribution in [2.45, 2.75) is 31.8 Å². The van der Waals surface area contributed by atoms with Gasteiger partial charge in [-0.2, -0.15) is 0 Å². The van der Waals surface area contributed by atoms with Gasteiger partial charge in [0.05, 0.1) is 0 Å². The molecule has 0 aliphatic heterocycles. The molecule has 64 valence electrons. The minimum atomic E-state index is -0.0928. The summed E-state index contributed by atoms with van der Waals surface area (Å²) in [5.74, 6) is 0. The maximum absolute atomic E-state index is 10.9. The van der Waals surface area contributed by atoms with Crippen LogP contribution in [0.15, 0.2) is 0 Å². The van der Waals surface area contributed by atoms with Gasteiger partial charge in [0.25, 0.3) is 0 Å². The topological polar surface area (TPSA) is 67.2 Å². The smallest absolute Gasteiger partial charge is 0.315 e. The van der Waals surface area contributed by atoms with Crippen LogP contribution in [0.3, 0.4) is 0 Å². The van der Waals surface area contributed by atoms with E-state index in [9.17, 15) is 4.79 Å². The maximum Gasteiger partial charge on any atom is 0.315 e. The van der Waals surface area contributed by atoms with Gasteiger partial charge in [0, 0.05) is 18.6 Å². The van der Waals surface area contributed by atoms with E-state index >= 15 is 0 Å². The van der Waals surface area contributed by atoms with Crippen LogP contribution in [-0.4, -0.2) is 24.7 Å². The summed E-state index contributed by atoms with van der Waals surface area (Å²) in [7, 11) is 0.